The zero-order chi connectivity index (χ0) is 28.3. The van der Waals surface area contributed by atoms with Crippen LogP contribution in [0.1, 0.15) is 40.4 Å². The fourth-order valence-corrected chi connectivity index (χ4v) is 4.26. The predicted octanol–water partition coefficient (Wildman–Crippen LogP) is 1.44. The van der Waals surface area contributed by atoms with Crippen LogP contribution in [0, 0.1) is 0 Å². The van der Waals surface area contributed by atoms with Gasteiger partial charge in [0.25, 0.3) is 11.8 Å². The highest BCUT2D eigenvalue weighted by atomic mass is 32.1. The molecule has 12 N–H and O–H groups in total. The summed E-state index contributed by atoms with van der Waals surface area (Å²) in [5, 5.41) is 12.7. The minimum absolute atomic E-state index is 0.0887. The van der Waals surface area contributed by atoms with Crippen LogP contribution < -0.4 is 33.6 Å². The SMILES string of the molecule is CCN(N=C(N)N)C(=S)c1cc2ccc(NC(=O)c3cc4cc(C(=O)NC(C)N=C(N)N)ccc4[nH]3)cc2[nH]1. The third-order valence-corrected chi connectivity index (χ3v) is 6.12. The molecule has 39 heavy (non-hydrogen) atoms. The normalized spacial score (nSPS) is 11.5. The van der Waals surface area contributed by atoms with Crippen molar-refractivity contribution >= 4 is 68.4 Å². The molecule has 2 amide bonds. The second-order valence-corrected chi connectivity index (χ2v) is 9.06. The highest BCUT2D eigenvalue weighted by Crippen LogP contribution is 2.23. The number of nitrogens with two attached hydrogens (primary N) is 4. The largest absolute Gasteiger partial charge is 0.370 e. The molecule has 14 heteroatoms. The molecule has 4 rings (SSSR count). The van der Waals surface area contributed by atoms with Gasteiger partial charge in [-0.05, 0) is 56.3 Å². The quantitative estimate of drug-likeness (QED) is 0.0695. The Morgan fingerprint density at radius 2 is 1.64 bits per heavy atom. The second kappa shape index (κ2) is 11.1. The molecular formula is C25H29N11O2S. The Morgan fingerprint density at radius 1 is 0.923 bits per heavy atom. The number of aromatic amines is 2. The number of aliphatic imine (C=N–C) groups is 1. The number of fused-ring (bicyclic) bond motifs is 2. The standard InChI is InChI=1S/C25H29N11O2S/c1-3-36(35-25(28)29)23(39)20-9-13-4-6-16(11-18(13)34-20)32-22(38)19-10-15-8-14(5-7-17(15)33-19)21(37)30-12(2)31-24(26)27/h4-12,33-34H,3H2,1-2H3,(H,30,37)(H,32,38)(H4,26,27,31)(H4,28,29,35). The molecule has 0 radical (unpaired) electrons. The van der Waals surface area contributed by atoms with E-state index in [-0.39, 0.29) is 23.7 Å². The fraction of sp³-hybridized carbons (Fsp3) is 0.160. The molecule has 13 nitrogen and oxygen atoms in total. The maximum absolute atomic E-state index is 13.0. The molecule has 4 aromatic rings. The summed E-state index contributed by atoms with van der Waals surface area (Å²) in [6, 6.07) is 14.1. The van der Waals surface area contributed by atoms with Crippen molar-refractivity contribution < 1.29 is 9.59 Å². The van der Waals surface area contributed by atoms with E-state index < -0.39 is 6.17 Å². The lowest BCUT2D eigenvalue weighted by Gasteiger charge is -2.16. The number of nitrogens with zero attached hydrogens (tertiary/aromatic N) is 3. The van der Waals surface area contributed by atoms with Crippen molar-refractivity contribution in [2.45, 2.75) is 20.0 Å². The minimum atomic E-state index is -0.585. The number of thiocarbonyl (C=S) groups is 1. The minimum Gasteiger partial charge on any atom is -0.370 e. The number of carbonyl (C=O) groups excluding carboxylic acids is 2. The van der Waals surface area contributed by atoms with Crippen LogP contribution in [-0.2, 0) is 0 Å². The van der Waals surface area contributed by atoms with Crippen molar-refractivity contribution in [1.29, 1.82) is 0 Å². The Kier molecular flexibility index (Phi) is 7.67. The third kappa shape index (κ3) is 6.24. The third-order valence-electron chi connectivity index (χ3n) is 5.69. The molecule has 1 unspecified atom stereocenters. The lowest BCUT2D eigenvalue weighted by Crippen LogP contribution is -2.35. The van der Waals surface area contributed by atoms with Crippen LogP contribution >= 0.6 is 12.2 Å². The number of anilines is 1. The first-order valence-corrected chi connectivity index (χ1v) is 12.3. The monoisotopic (exact) mass is 547 g/mol. The predicted molar refractivity (Wildman–Crippen MR) is 157 cm³/mol. The van der Waals surface area contributed by atoms with Gasteiger partial charge in [-0.1, -0.05) is 18.3 Å². The smallest absolute Gasteiger partial charge is 0.272 e. The number of aromatic nitrogens is 2. The number of guanidine groups is 2. The highest BCUT2D eigenvalue weighted by Gasteiger charge is 2.16. The van der Waals surface area contributed by atoms with Crippen LogP contribution in [0.5, 0.6) is 0 Å². The summed E-state index contributed by atoms with van der Waals surface area (Å²) < 4.78 is 0. The lowest BCUT2D eigenvalue weighted by atomic mass is 10.1. The number of rotatable bonds is 8. The zero-order valence-electron chi connectivity index (χ0n) is 21.3. The molecular weight excluding hydrogens is 518 g/mol. The maximum Gasteiger partial charge on any atom is 0.272 e. The van der Waals surface area contributed by atoms with Gasteiger partial charge in [0.2, 0.25) is 5.96 Å². The average Bonchev–Trinajstić information content (AvgIpc) is 3.49. The van der Waals surface area contributed by atoms with Gasteiger partial charge in [0.15, 0.2) is 5.96 Å². The summed E-state index contributed by atoms with van der Waals surface area (Å²) in [6.07, 6.45) is -0.585. The first-order chi connectivity index (χ1) is 18.5. The number of amides is 2. The van der Waals surface area contributed by atoms with Crippen LogP contribution in [0.3, 0.4) is 0 Å². The van der Waals surface area contributed by atoms with E-state index in [1.54, 1.807) is 43.3 Å². The molecule has 0 aliphatic carbocycles. The van der Waals surface area contributed by atoms with Gasteiger partial charge in [0.1, 0.15) is 16.8 Å². The van der Waals surface area contributed by atoms with Crippen molar-refractivity contribution in [2.75, 3.05) is 11.9 Å². The molecule has 0 spiro atoms. The van der Waals surface area contributed by atoms with Crippen molar-refractivity contribution in [3.63, 3.8) is 0 Å². The Balaban J connectivity index is 1.50. The Morgan fingerprint density at radius 3 is 2.33 bits per heavy atom. The van der Waals surface area contributed by atoms with Gasteiger partial charge < -0.3 is 43.5 Å². The first-order valence-electron chi connectivity index (χ1n) is 11.9. The Bertz CT molecular complexity index is 1630. The number of H-pyrrole nitrogens is 2. The van der Waals surface area contributed by atoms with Crippen molar-refractivity contribution in [3.05, 3.63) is 65.5 Å². The Hall–Kier alpha value is -5.11. The van der Waals surface area contributed by atoms with Crippen LogP contribution in [-0.4, -0.2) is 56.4 Å². The van der Waals surface area contributed by atoms with E-state index in [1.807, 2.05) is 19.1 Å². The molecule has 202 valence electrons. The molecule has 0 aliphatic heterocycles. The van der Waals surface area contributed by atoms with E-state index >= 15 is 0 Å². The van der Waals surface area contributed by atoms with Gasteiger partial charge in [0.05, 0.1) is 5.69 Å². The van der Waals surface area contributed by atoms with Crippen LogP contribution in [0.25, 0.3) is 21.8 Å². The van der Waals surface area contributed by atoms with Gasteiger partial charge in [0, 0.05) is 39.6 Å². The molecule has 2 heterocycles. The summed E-state index contributed by atoms with van der Waals surface area (Å²) in [5.74, 6) is -0.899. The number of carbonyl (C=O) groups is 2. The Labute approximate surface area is 228 Å². The molecule has 1 atom stereocenters. The molecule has 0 saturated carbocycles. The average molecular weight is 548 g/mol. The van der Waals surface area contributed by atoms with Crippen molar-refractivity contribution in [3.8, 4) is 0 Å². The second-order valence-electron chi connectivity index (χ2n) is 8.67. The van der Waals surface area contributed by atoms with Crippen molar-refractivity contribution in [2.24, 2.45) is 33.0 Å². The highest BCUT2D eigenvalue weighted by molar-refractivity contribution is 7.80. The number of hydrogen-bond acceptors (Lipinski definition) is 5. The van der Waals surface area contributed by atoms with Crippen LogP contribution in [0.15, 0.2) is 58.6 Å². The van der Waals surface area contributed by atoms with Gasteiger partial charge >= 0.3 is 0 Å². The van der Waals surface area contributed by atoms with E-state index in [4.69, 9.17) is 35.2 Å². The summed E-state index contributed by atoms with van der Waals surface area (Å²) >= 11 is 5.52. The topological polar surface area (TPSA) is 222 Å². The van der Waals surface area contributed by atoms with Gasteiger partial charge in [-0.15, -0.1) is 5.10 Å². The summed E-state index contributed by atoms with van der Waals surface area (Å²) in [7, 11) is 0. The maximum atomic E-state index is 13.0. The summed E-state index contributed by atoms with van der Waals surface area (Å²) in [5.41, 5.74) is 25.1. The van der Waals surface area contributed by atoms with Crippen LogP contribution in [0.4, 0.5) is 5.69 Å². The van der Waals surface area contributed by atoms with E-state index in [1.165, 1.54) is 5.01 Å². The van der Waals surface area contributed by atoms with E-state index in [2.05, 4.69) is 30.7 Å². The first kappa shape index (κ1) is 26.9. The van der Waals surface area contributed by atoms with E-state index in [0.29, 0.717) is 45.1 Å². The van der Waals surface area contributed by atoms with Crippen LogP contribution in [0.2, 0.25) is 0 Å². The molecule has 2 aromatic heterocycles. The fourth-order valence-electron chi connectivity index (χ4n) is 3.98. The summed E-state index contributed by atoms with van der Waals surface area (Å²) in [4.78, 5) is 36.2. The van der Waals surface area contributed by atoms with Gasteiger partial charge in [-0.3, -0.25) is 9.59 Å². The van der Waals surface area contributed by atoms with E-state index in [9.17, 15) is 9.59 Å². The molecule has 0 aliphatic rings. The van der Waals surface area contributed by atoms with E-state index in [0.717, 1.165) is 10.9 Å². The number of hydrazone groups is 1. The molecule has 2 aromatic carbocycles. The zero-order valence-corrected chi connectivity index (χ0v) is 22.1. The lowest BCUT2D eigenvalue weighted by molar-refractivity contribution is 0.0941. The molecule has 0 fully saturated rings. The van der Waals surface area contributed by atoms with Gasteiger partial charge in [-0.25, -0.2) is 10.0 Å². The number of nitrogens with one attached hydrogen (secondary N) is 4. The number of benzene rings is 2. The number of hydrogen-bond donors (Lipinski definition) is 8. The van der Waals surface area contributed by atoms with Gasteiger partial charge in [-0.2, -0.15) is 0 Å². The summed E-state index contributed by atoms with van der Waals surface area (Å²) in [6.45, 7) is 4.02. The molecule has 0 saturated heterocycles. The molecule has 0 bridgehead atoms. The van der Waals surface area contributed by atoms with Crippen molar-refractivity contribution in [1.82, 2.24) is 20.3 Å².